The van der Waals surface area contributed by atoms with Crippen LogP contribution in [0.1, 0.15) is 86.0 Å². The first kappa shape index (κ1) is 26.1. The van der Waals surface area contributed by atoms with Crippen LogP contribution in [0.15, 0.2) is 11.6 Å². The zero-order valence-corrected chi connectivity index (χ0v) is 23.0. The normalized spacial score (nSPS) is 49.1. The summed E-state index contributed by atoms with van der Waals surface area (Å²) < 4.78 is 5.22. The summed E-state index contributed by atoms with van der Waals surface area (Å²) in [6.45, 7) is 11.6. The lowest BCUT2D eigenvalue weighted by atomic mass is 9.36. The van der Waals surface area contributed by atoms with Gasteiger partial charge in [0.2, 0.25) is 0 Å². The van der Waals surface area contributed by atoms with Crippen LogP contribution in [0.5, 0.6) is 0 Å². The lowest BCUT2D eigenvalue weighted by molar-refractivity contribution is -0.223. The molecule has 2 heterocycles. The molecule has 6 heteroatoms. The third kappa shape index (κ3) is 3.68. The van der Waals surface area contributed by atoms with Crippen LogP contribution in [0.4, 0.5) is 0 Å². The van der Waals surface area contributed by atoms with E-state index in [1.807, 2.05) is 6.92 Å². The molecule has 2 saturated heterocycles. The van der Waals surface area contributed by atoms with Gasteiger partial charge in [0.25, 0.3) is 0 Å². The Balaban J connectivity index is 1.66. The first-order valence-electron chi connectivity index (χ1n) is 14.1. The van der Waals surface area contributed by atoms with Gasteiger partial charge in [0.15, 0.2) is 5.78 Å². The van der Waals surface area contributed by atoms with Gasteiger partial charge in [-0.1, -0.05) is 33.3 Å². The SMILES string of the molecule is COC(=O)C[C@@]1(C)[C@H]2C(=O)C[C@@H]3C(=O)C=C(C)C[C@H]3[C@]2(C)C[C@@H]2N3C[C@H](O)C[C@H](C)C[C@@H]3CC[C@]21C. The summed E-state index contributed by atoms with van der Waals surface area (Å²) in [7, 11) is 1.43. The zero-order chi connectivity index (χ0) is 26.2. The molecule has 0 aromatic heterocycles. The molecule has 2 aliphatic heterocycles. The minimum Gasteiger partial charge on any atom is -0.469 e. The van der Waals surface area contributed by atoms with E-state index in [-0.39, 0.29) is 65.7 Å². The van der Waals surface area contributed by atoms with Crippen molar-refractivity contribution in [2.24, 2.45) is 39.9 Å². The predicted molar refractivity (Wildman–Crippen MR) is 137 cm³/mol. The highest BCUT2D eigenvalue weighted by atomic mass is 16.5. The Kier molecular flexibility index (Phi) is 6.35. The summed E-state index contributed by atoms with van der Waals surface area (Å²) in [5, 5.41) is 11.0. The Bertz CT molecular complexity index is 990. The van der Waals surface area contributed by atoms with Crippen molar-refractivity contribution in [3.63, 3.8) is 0 Å². The number of esters is 1. The molecule has 2 saturated carbocycles. The number of aliphatic hydroxyl groups excluding tert-OH is 1. The number of Topliss-reactive ketones (excluding diaryl/α,β-unsaturated/α-hetero) is 1. The van der Waals surface area contributed by atoms with Crippen LogP contribution in [-0.2, 0) is 19.1 Å². The number of hydrogen-bond acceptors (Lipinski definition) is 6. The van der Waals surface area contributed by atoms with E-state index in [2.05, 4.69) is 32.6 Å². The van der Waals surface area contributed by atoms with Crippen molar-refractivity contribution in [2.75, 3.05) is 13.7 Å². The lowest BCUT2D eigenvalue weighted by Gasteiger charge is -2.71. The third-order valence-corrected chi connectivity index (χ3v) is 11.7. The van der Waals surface area contributed by atoms with Crippen molar-refractivity contribution in [3.8, 4) is 0 Å². The number of hydrogen-bond donors (Lipinski definition) is 1. The van der Waals surface area contributed by atoms with Crippen molar-refractivity contribution in [1.82, 2.24) is 4.90 Å². The monoisotopic (exact) mass is 499 g/mol. The number of allylic oxidation sites excluding steroid dienone is 2. The number of carbonyl (C=O) groups excluding carboxylic acids is 3. The molecule has 0 unspecified atom stereocenters. The van der Waals surface area contributed by atoms with E-state index >= 15 is 0 Å². The molecule has 0 amide bonds. The topological polar surface area (TPSA) is 83.9 Å². The molecule has 0 aromatic carbocycles. The Hall–Kier alpha value is -1.53. The molecule has 5 aliphatic rings. The molecule has 0 spiro atoms. The van der Waals surface area contributed by atoms with Gasteiger partial charge in [-0.3, -0.25) is 19.3 Å². The summed E-state index contributed by atoms with van der Waals surface area (Å²) in [6, 6.07) is 0.544. The Morgan fingerprint density at radius 2 is 1.92 bits per heavy atom. The highest BCUT2D eigenvalue weighted by Crippen LogP contribution is 2.71. The van der Waals surface area contributed by atoms with Gasteiger partial charge >= 0.3 is 5.97 Å². The number of piperidine rings is 1. The number of nitrogens with zero attached hydrogens (tertiary/aromatic N) is 1. The maximum absolute atomic E-state index is 14.1. The average Bonchev–Trinajstić information content (AvgIpc) is 2.92. The van der Waals surface area contributed by atoms with Gasteiger partial charge < -0.3 is 9.84 Å². The minimum absolute atomic E-state index is 0.0930. The molecular weight excluding hydrogens is 454 g/mol. The maximum atomic E-state index is 14.1. The van der Waals surface area contributed by atoms with E-state index in [0.29, 0.717) is 18.5 Å². The zero-order valence-electron chi connectivity index (χ0n) is 23.0. The van der Waals surface area contributed by atoms with Gasteiger partial charge in [0, 0.05) is 36.9 Å². The number of ketones is 2. The smallest absolute Gasteiger partial charge is 0.306 e. The average molecular weight is 500 g/mol. The fraction of sp³-hybridized carbons (Fsp3) is 0.833. The fourth-order valence-corrected chi connectivity index (χ4v) is 10.0. The summed E-state index contributed by atoms with van der Waals surface area (Å²) in [5.74, 6) is -0.00858. The van der Waals surface area contributed by atoms with E-state index in [1.54, 1.807) is 6.08 Å². The van der Waals surface area contributed by atoms with E-state index in [0.717, 1.165) is 44.1 Å². The quantitative estimate of drug-likeness (QED) is 0.569. The van der Waals surface area contributed by atoms with Crippen LogP contribution in [0, 0.1) is 39.9 Å². The first-order valence-corrected chi connectivity index (χ1v) is 14.1. The molecular formula is C30H45NO5. The molecule has 4 fully saturated rings. The summed E-state index contributed by atoms with van der Waals surface area (Å²) in [4.78, 5) is 42.7. The van der Waals surface area contributed by atoms with E-state index < -0.39 is 10.8 Å². The summed E-state index contributed by atoms with van der Waals surface area (Å²) >= 11 is 0. The second-order valence-corrected chi connectivity index (χ2v) is 13.8. The molecule has 3 aliphatic carbocycles. The molecule has 10 atom stereocenters. The van der Waals surface area contributed by atoms with E-state index in [4.69, 9.17) is 4.74 Å². The Morgan fingerprint density at radius 3 is 2.61 bits per heavy atom. The third-order valence-electron chi connectivity index (χ3n) is 11.7. The van der Waals surface area contributed by atoms with Crippen molar-refractivity contribution in [1.29, 1.82) is 0 Å². The van der Waals surface area contributed by atoms with E-state index in [9.17, 15) is 19.5 Å². The largest absolute Gasteiger partial charge is 0.469 e. The Labute approximate surface area is 216 Å². The molecule has 0 aromatic rings. The minimum atomic E-state index is -0.591. The number of ether oxygens (including phenoxy) is 1. The van der Waals surface area contributed by atoms with Crippen molar-refractivity contribution < 1.29 is 24.2 Å². The van der Waals surface area contributed by atoms with Gasteiger partial charge in [0.1, 0.15) is 5.78 Å². The number of carbonyl (C=O) groups is 3. The molecule has 5 rings (SSSR count). The summed E-state index contributed by atoms with van der Waals surface area (Å²) in [6.07, 6.45) is 7.40. The molecule has 6 nitrogen and oxygen atoms in total. The molecule has 200 valence electrons. The van der Waals surface area contributed by atoms with E-state index in [1.165, 1.54) is 7.11 Å². The maximum Gasteiger partial charge on any atom is 0.306 e. The number of fused-ring (bicyclic) bond motifs is 6. The van der Waals surface area contributed by atoms with Crippen LogP contribution in [0.3, 0.4) is 0 Å². The Morgan fingerprint density at radius 1 is 1.19 bits per heavy atom. The standard InChI is InChI=1S/C30H45NO5/c1-17-9-19-7-8-29(4)25(31(19)16-20(32)10-17)14-28(3)22-11-18(2)12-23(33)21(22)13-24(34)27(28)30(29,5)15-26(35)36-6/h12,17,19-22,25,27,32H,7-11,13-16H2,1-6H3/t17-,19+,20-,21+,22-,25+,27+,28+,29-,30+/m1/s1. The fourth-order valence-electron chi connectivity index (χ4n) is 10.0. The van der Waals surface area contributed by atoms with Crippen LogP contribution in [-0.4, -0.2) is 59.4 Å². The lowest BCUT2D eigenvalue weighted by Crippen LogP contribution is -2.72. The van der Waals surface area contributed by atoms with Crippen molar-refractivity contribution in [3.05, 3.63) is 11.6 Å². The van der Waals surface area contributed by atoms with Gasteiger partial charge in [-0.2, -0.15) is 0 Å². The molecule has 36 heavy (non-hydrogen) atoms. The van der Waals surface area contributed by atoms with Gasteiger partial charge in [-0.25, -0.2) is 0 Å². The van der Waals surface area contributed by atoms with Gasteiger partial charge in [-0.05, 0) is 79.6 Å². The summed E-state index contributed by atoms with van der Waals surface area (Å²) in [5.41, 5.74) is -0.172. The van der Waals surface area contributed by atoms with Crippen molar-refractivity contribution >= 4 is 17.5 Å². The number of aliphatic hydroxyl groups is 1. The molecule has 1 N–H and O–H groups in total. The van der Waals surface area contributed by atoms with Gasteiger partial charge in [-0.15, -0.1) is 0 Å². The first-order chi connectivity index (χ1) is 16.8. The van der Waals surface area contributed by atoms with Crippen LogP contribution in [0.25, 0.3) is 0 Å². The van der Waals surface area contributed by atoms with Gasteiger partial charge in [0.05, 0.1) is 19.6 Å². The molecule has 0 radical (unpaired) electrons. The van der Waals surface area contributed by atoms with Crippen LogP contribution < -0.4 is 0 Å². The second-order valence-electron chi connectivity index (χ2n) is 13.8. The predicted octanol–water partition coefficient (Wildman–Crippen LogP) is 4.34. The van der Waals surface area contributed by atoms with Crippen molar-refractivity contribution in [2.45, 2.75) is 104 Å². The highest BCUT2D eigenvalue weighted by molar-refractivity contribution is 5.98. The second kappa shape index (κ2) is 8.76. The number of methoxy groups -OCH3 is 1. The number of rotatable bonds is 2. The van der Waals surface area contributed by atoms with Crippen LogP contribution in [0.2, 0.25) is 0 Å². The van der Waals surface area contributed by atoms with Crippen LogP contribution >= 0.6 is 0 Å². The molecule has 0 bridgehead atoms. The highest BCUT2D eigenvalue weighted by Gasteiger charge is 2.71.